The Morgan fingerprint density at radius 1 is 1.07 bits per heavy atom. The van der Waals surface area contributed by atoms with Crippen LogP contribution in [0.25, 0.3) is 0 Å². The van der Waals surface area contributed by atoms with Gasteiger partial charge in [-0.3, -0.25) is 14.5 Å². The average molecular weight is 433 g/mol. The van der Waals surface area contributed by atoms with Crippen LogP contribution in [0.5, 0.6) is 0 Å². The van der Waals surface area contributed by atoms with Crippen LogP contribution in [0, 0.1) is 5.92 Å². The Labute approximate surface area is 175 Å². The Morgan fingerprint density at radius 2 is 1.79 bits per heavy atom. The van der Waals surface area contributed by atoms with Gasteiger partial charge in [0, 0.05) is 25.4 Å². The van der Waals surface area contributed by atoms with E-state index < -0.39 is 24.1 Å². The minimum absolute atomic E-state index is 0.0394. The lowest BCUT2D eigenvalue weighted by atomic mass is 9.89. The van der Waals surface area contributed by atoms with Crippen molar-refractivity contribution in [2.24, 2.45) is 11.7 Å². The van der Waals surface area contributed by atoms with Gasteiger partial charge in [-0.25, -0.2) is 4.79 Å². The molecule has 1 saturated carbocycles. The van der Waals surface area contributed by atoms with Crippen molar-refractivity contribution >= 4 is 29.0 Å². The molecule has 1 aliphatic heterocycles. The number of rotatable bonds is 10. The monoisotopic (exact) mass is 432 g/mol. The molecule has 0 bridgehead atoms. The maximum Gasteiger partial charge on any atom is 0.370 e. The SMILES string of the molecule is N[C@@H](CSC(=O)OCOC(=O)C1CCCCC1)C(=O)OCCCN1CCOCC1. The Bertz CT molecular complexity index is 523. The summed E-state index contributed by atoms with van der Waals surface area (Å²) >= 11 is 0.762. The summed E-state index contributed by atoms with van der Waals surface area (Å²) in [4.78, 5) is 37.7. The second-order valence-electron chi connectivity index (χ2n) is 7.20. The summed E-state index contributed by atoms with van der Waals surface area (Å²) in [7, 11) is 0. The van der Waals surface area contributed by atoms with Crippen molar-refractivity contribution in [2.75, 3.05) is 52.0 Å². The highest BCUT2D eigenvalue weighted by atomic mass is 32.2. The van der Waals surface area contributed by atoms with Crippen LogP contribution in [-0.4, -0.2) is 80.2 Å². The summed E-state index contributed by atoms with van der Waals surface area (Å²) in [5.74, 6) is -0.921. The molecule has 0 aromatic heterocycles. The van der Waals surface area contributed by atoms with Crippen LogP contribution in [0.2, 0.25) is 0 Å². The zero-order valence-corrected chi connectivity index (χ0v) is 17.7. The van der Waals surface area contributed by atoms with Crippen molar-refractivity contribution in [1.82, 2.24) is 4.90 Å². The predicted molar refractivity (Wildman–Crippen MR) is 107 cm³/mol. The van der Waals surface area contributed by atoms with E-state index in [1.165, 1.54) is 0 Å². The Morgan fingerprint density at radius 3 is 2.52 bits per heavy atom. The van der Waals surface area contributed by atoms with Gasteiger partial charge in [0.05, 0.1) is 25.7 Å². The van der Waals surface area contributed by atoms with Gasteiger partial charge in [-0.2, -0.15) is 0 Å². The molecular formula is C19H32N2O7S. The van der Waals surface area contributed by atoms with E-state index in [0.29, 0.717) is 0 Å². The van der Waals surface area contributed by atoms with Crippen LogP contribution in [-0.2, 0) is 28.5 Å². The first-order chi connectivity index (χ1) is 14.1. The molecule has 9 nitrogen and oxygen atoms in total. The van der Waals surface area contributed by atoms with Gasteiger partial charge in [-0.05, 0) is 31.0 Å². The highest BCUT2D eigenvalue weighted by Crippen LogP contribution is 2.24. The topological polar surface area (TPSA) is 117 Å². The minimum atomic E-state index is -0.916. The molecule has 2 aliphatic rings. The largest absolute Gasteiger partial charge is 0.464 e. The lowest BCUT2D eigenvalue weighted by molar-refractivity contribution is -0.157. The molecule has 0 aromatic carbocycles. The molecule has 1 saturated heterocycles. The summed E-state index contributed by atoms with van der Waals surface area (Å²) in [6, 6.07) is -0.916. The molecule has 1 aliphatic carbocycles. The molecule has 0 unspecified atom stereocenters. The smallest absolute Gasteiger partial charge is 0.370 e. The van der Waals surface area contributed by atoms with Gasteiger partial charge in [-0.1, -0.05) is 19.3 Å². The van der Waals surface area contributed by atoms with E-state index in [1.807, 2.05) is 0 Å². The van der Waals surface area contributed by atoms with Crippen LogP contribution < -0.4 is 5.73 Å². The maximum absolute atomic E-state index is 11.9. The van der Waals surface area contributed by atoms with Crippen LogP contribution >= 0.6 is 11.8 Å². The van der Waals surface area contributed by atoms with E-state index in [-0.39, 0.29) is 24.2 Å². The van der Waals surface area contributed by atoms with Gasteiger partial charge < -0.3 is 24.7 Å². The predicted octanol–water partition coefficient (Wildman–Crippen LogP) is 1.53. The molecule has 1 heterocycles. The fourth-order valence-corrected chi connectivity index (χ4v) is 3.84. The molecule has 29 heavy (non-hydrogen) atoms. The van der Waals surface area contributed by atoms with Gasteiger partial charge in [0.2, 0.25) is 6.79 Å². The molecule has 166 valence electrons. The Balaban J connectivity index is 1.48. The van der Waals surface area contributed by atoms with Gasteiger partial charge >= 0.3 is 17.2 Å². The molecular weight excluding hydrogens is 400 g/mol. The Hall–Kier alpha value is -1.36. The number of hydrogen-bond acceptors (Lipinski definition) is 10. The van der Waals surface area contributed by atoms with Gasteiger partial charge in [0.15, 0.2) is 0 Å². The van der Waals surface area contributed by atoms with E-state index in [9.17, 15) is 14.4 Å². The molecule has 0 spiro atoms. The van der Waals surface area contributed by atoms with E-state index in [0.717, 1.165) is 83.1 Å². The number of thioether (sulfide) groups is 1. The summed E-state index contributed by atoms with van der Waals surface area (Å²) in [6.45, 7) is 3.96. The molecule has 2 N–H and O–H groups in total. The van der Waals surface area contributed by atoms with Crippen molar-refractivity contribution < 1.29 is 33.3 Å². The van der Waals surface area contributed by atoms with Crippen LogP contribution in [0.3, 0.4) is 0 Å². The highest BCUT2D eigenvalue weighted by Gasteiger charge is 2.23. The minimum Gasteiger partial charge on any atom is -0.464 e. The van der Waals surface area contributed by atoms with E-state index in [1.54, 1.807) is 0 Å². The number of morpholine rings is 1. The lowest BCUT2D eigenvalue weighted by Gasteiger charge is -2.26. The third-order valence-corrected chi connectivity index (χ3v) is 5.85. The van der Waals surface area contributed by atoms with Crippen molar-refractivity contribution in [3.8, 4) is 0 Å². The number of nitrogens with two attached hydrogens (primary N) is 1. The van der Waals surface area contributed by atoms with Crippen molar-refractivity contribution in [3.05, 3.63) is 0 Å². The highest BCUT2D eigenvalue weighted by molar-refractivity contribution is 8.13. The van der Waals surface area contributed by atoms with Crippen molar-refractivity contribution in [3.63, 3.8) is 0 Å². The zero-order chi connectivity index (χ0) is 20.9. The number of ether oxygens (including phenoxy) is 4. The molecule has 2 fully saturated rings. The third kappa shape index (κ3) is 9.79. The number of esters is 2. The lowest BCUT2D eigenvalue weighted by Crippen LogP contribution is -2.38. The first-order valence-corrected chi connectivity index (χ1v) is 11.2. The van der Waals surface area contributed by atoms with Crippen LogP contribution in [0.4, 0.5) is 4.79 Å². The van der Waals surface area contributed by atoms with Gasteiger partial charge in [0.1, 0.15) is 6.04 Å². The van der Waals surface area contributed by atoms with Crippen LogP contribution in [0.1, 0.15) is 38.5 Å². The number of nitrogens with zero attached hydrogens (tertiary/aromatic N) is 1. The molecule has 0 amide bonds. The second-order valence-corrected chi connectivity index (χ2v) is 8.16. The number of carbonyl (C=O) groups is 3. The third-order valence-electron chi connectivity index (χ3n) is 4.97. The quantitative estimate of drug-likeness (QED) is 0.309. The standard InChI is InChI=1S/C19H32N2O7S/c20-16(18(23)26-10-4-7-21-8-11-25-12-9-21)13-29-19(24)28-14-27-17(22)15-5-2-1-3-6-15/h15-16H,1-14,20H2/t16-/m0/s1. The normalized spacial score (nSPS) is 19.3. The fourth-order valence-electron chi connectivity index (χ4n) is 3.25. The van der Waals surface area contributed by atoms with Gasteiger partial charge in [0.25, 0.3) is 0 Å². The number of hydrogen-bond donors (Lipinski definition) is 1. The molecule has 2 rings (SSSR count). The van der Waals surface area contributed by atoms with Crippen LogP contribution in [0.15, 0.2) is 0 Å². The van der Waals surface area contributed by atoms with E-state index >= 15 is 0 Å². The summed E-state index contributed by atoms with van der Waals surface area (Å²) in [5.41, 5.74) is 5.75. The maximum atomic E-state index is 11.9. The molecule has 0 aromatic rings. The summed E-state index contributed by atoms with van der Waals surface area (Å²) < 4.78 is 20.3. The first-order valence-electron chi connectivity index (χ1n) is 10.2. The van der Waals surface area contributed by atoms with Crippen molar-refractivity contribution in [1.29, 1.82) is 0 Å². The summed E-state index contributed by atoms with van der Waals surface area (Å²) in [6.07, 6.45) is 5.56. The van der Waals surface area contributed by atoms with E-state index in [2.05, 4.69) is 4.90 Å². The Kier molecular flexibility index (Phi) is 11.4. The molecule has 1 atom stereocenters. The summed E-state index contributed by atoms with van der Waals surface area (Å²) in [5, 5.41) is -0.642. The van der Waals surface area contributed by atoms with Gasteiger partial charge in [-0.15, -0.1) is 0 Å². The fraction of sp³-hybridized carbons (Fsp3) is 0.842. The molecule has 0 radical (unpaired) electrons. The second kappa shape index (κ2) is 13.8. The molecule has 10 heteroatoms. The first kappa shape index (κ1) is 23.9. The average Bonchev–Trinajstić information content (AvgIpc) is 2.76. The number of carbonyl (C=O) groups excluding carboxylic acids is 3. The van der Waals surface area contributed by atoms with E-state index in [4.69, 9.17) is 24.7 Å². The zero-order valence-electron chi connectivity index (χ0n) is 16.8. The van der Waals surface area contributed by atoms with Crippen molar-refractivity contribution in [2.45, 2.75) is 44.6 Å².